The molecule has 10 nitrogen and oxygen atoms in total. The molecule has 1 amide bonds. The zero-order valence-electron chi connectivity index (χ0n) is 19.5. The molecule has 0 radical (unpaired) electrons. The highest BCUT2D eigenvalue weighted by Crippen LogP contribution is 2.38. The van der Waals surface area contributed by atoms with Gasteiger partial charge in [-0.15, -0.1) is 4.98 Å². The highest BCUT2D eigenvalue weighted by atomic mass is 16.5. The number of aromatic nitrogens is 5. The summed E-state index contributed by atoms with van der Waals surface area (Å²) < 4.78 is 7.36. The SMILES string of the molecule is [C-]#[N+]c1cccc(Cc2cc(Nc3cccc(-c4ncn(C)n4)c3OC)c3c(n2)CN(C)C3=O)n1. The van der Waals surface area contributed by atoms with Gasteiger partial charge in [0.2, 0.25) is 0 Å². The number of para-hydroxylation sites is 1. The lowest BCUT2D eigenvalue weighted by Crippen LogP contribution is -2.18. The van der Waals surface area contributed by atoms with Crippen molar-refractivity contribution in [3.63, 3.8) is 0 Å². The number of methoxy groups -OCH3 is 1. The fourth-order valence-electron chi connectivity index (χ4n) is 4.14. The van der Waals surface area contributed by atoms with Crippen molar-refractivity contribution in [3.8, 4) is 17.1 Å². The summed E-state index contributed by atoms with van der Waals surface area (Å²) in [5.74, 6) is 1.34. The Bertz CT molecular complexity index is 1490. The van der Waals surface area contributed by atoms with E-state index in [9.17, 15) is 4.79 Å². The number of anilines is 2. The van der Waals surface area contributed by atoms with Gasteiger partial charge in [0.1, 0.15) is 12.0 Å². The summed E-state index contributed by atoms with van der Waals surface area (Å²) >= 11 is 0. The van der Waals surface area contributed by atoms with Gasteiger partial charge in [0.15, 0.2) is 11.6 Å². The van der Waals surface area contributed by atoms with E-state index >= 15 is 0 Å². The van der Waals surface area contributed by atoms with Gasteiger partial charge in [-0.3, -0.25) is 14.5 Å². The van der Waals surface area contributed by atoms with E-state index in [4.69, 9.17) is 16.3 Å². The number of hydrogen-bond donors (Lipinski definition) is 1. The van der Waals surface area contributed by atoms with Crippen LogP contribution in [0, 0.1) is 6.57 Å². The van der Waals surface area contributed by atoms with E-state index in [0.29, 0.717) is 53.0 Å². The fourth-order valence-corrected chi connectivity index (χ4v) is 4.14. The molecule has 0 atom stereocenters. The molecule has 0 unspecified atom stereocenters. The first-order valence-corrected chi connectivity index (χ1v) is 10.9. The molecule has 0 aliphatic carbocycles. The number of rotatable bonds is 6. The molecule has 5 rings (SSSR count). The Hall–Kier alpha value is -4.78. The molecule has 4 heterocycles. The van der Waals surface area contributed by atoms with Gasteiger partial charge in [0.05, 0.1) is 54.0 Å². The van der Waals surface area contributed by atoms with Crippen LogP contribution in [0.15, 0.2) is 48.8 Å². The molecule has 10 heteroatoms. The summed E-state index contributed by atoms with van der Waals surface area (Å²) in [5, 5.41) is 7.79. The second-order valence-electron chi connectivity index (χ2n) is 8.17. The van der Waals surface area contributed by atoms with Crippen LogP contribution in [0.5, 0.6) is 5.75 Å². The summed E-state index contributed by atoms with van der Waals surface area (Å²) in [7, 11) is 5.14. The van der Waals surface area contributed by atoms with E-state index in [1.807, 2.05) is 36.4 Å². The number of amides is 1. The maximum atomic E-state index is 13.0. The standard InChI is InChI=1S/C25H22N8O2/c1-26-21-10-5-7-15(29-21)11-16-12-19(22-20(28-16)13-32(2)25(22)34)30-18-9-6-8-17(23(18)35-4)24-27-14-33(3)31-24/h5-10,12,14H,11,13H2,2-4H3,(H,28,30). The molecule has 0 saturated heterocycles. The van der Waals surface area contributed by atoms with Crippen molar-refractivity contribution in [1.82, 2.24) is 29.6 Å². The molecular weight excluding hydrogens is 444 g/mol. The van der Waals surface area contributed by atoms with Crippen molar-refractivity contribution in [2.24, 2.45) is 7.05 Å². The first-order chi connectivity index (χ1) is 17.0. The quantitative estimate of drug-likeness (QED) is 0.432. The van der Waals surface area contributed by atoms with Crippen LogP contribution in [0.4, 0.5) is 17.2 Å². The summed E-state index contributed by atoms with van der Waals surface area (Å²) in [6, 6.07) is 12.8. The minimum atomic E-state index is -0.101. The first kappa shape index (κ1) is 22.0. The number of fused-ring (bicyclic) bond motifs is 1. The average molecular weight is 467 g/mol. The van der Waals surface area contributed by atoms with Crippen LogP contribution in [0.3, 0.4) is 0 Å². The van der Waals surface area contributed by atoms with Gasteiger partial charge in [-0.1, -0.05) is 18.7 Å². The highest BCUT2D eigenvalue weighted by Gasteiger charge is 2.30. The zero-order valence-corrected chi connectivity index (χ0v) is 19.5. The minimum Gasteiger partial charge on any atom is -0.494 e. The smallest absolute Gasteiger partial charge is 0.269 e. The molecular formula is C25H22N8O2. The average Bonchev–Trinajstić information content (AvgIpc) is 3.41. The lowest BCUT2D eigenvalue weighted by molar-refractivity contribution is 0.0817. The Morgan fingerprint density at radius 3 is 2.69 bits per heavy atom. The number of pyridine rings is 2. The molecule has 35 heavy (non-hydrogen) atoms. The maximum Gasteiger partial charge on any atom is 0.269 e. The van der Waals surface area contributed by atoms with Gasteiger partial charge in [-0.25, -0.2) is 4.98 Å². The van der Waals surface area contributed by atoms with E-state index < -0.39 is 0 Å². The maximum absolute atomic E-state index is 13.0. The van der Waals surface area contributed by atoms with Gasteiger partial charge in [-0.2, -0.15) is 5.10 Å². The number of nitrogens with one attached hydrogen (secondary N) is 1. The van der Waals surface area contributed by atoms with Crippen molar-refractivity contribution in [1.29, 1.82) is 0 Å². The van der Waals surface area contributed by atoms with Crippen LogP contribution in [0.2, 0.25) is 0 Å². The number of carbonyl (C=O) groups is 1. The predicted octanol–water partition coefficient (Wildman–Crippen LogP) is 3.75. The van der Waals surface area contributed by atoms with Gasteiger partial charge in [0, 0.05) is 14.1 Å². The highest BCUT2D eigenvalue weighted by molar-refractivity contribution is 6.03. The van der Waals surface area contributed by atoms with Crippen molar-refractivity contribution in [2.45, 2.75) is 13.0 Å². The Labute approximate surface area is 202 Å². The molecule has 1 aliphatic heterocycles. The predicted molar refractivity (Wildman–Crippen MR) is 130 cm³/mol. The third-order valence-electron chi connectivity index (χ3n) is 5.69. The molecule has 0 fully saturated rings. The molecule has 174 valence electrons. The second-order valence-corrected chi connectivity index (χ2v) is 8.17. The van der Waals surface area contributed by atoms with Crippen LogP contribution < -0.4 is 10.1 Å². The Balaban J connectivity index is 1.57. The van der Waals surface area contributed by atoms with Gasteiger partial charge in [-0.05, 0) is 30.3 Å². The van der Waals surface area contributed by atoms with Crippen molar-refractivity contribution in [2.75, 3.05) is 19.5 Å². The Kier molecular flexibility index (Phi) is 5.58. The Morgan fingerprint density at radius 2 is 1.94 bits per heavy atom. The molecule has 0 bridgehead atoms. The van der Waals surface area contributed by atoms with Crippen molar-refractivity contribution in [3.05, 3.63) is 82.9 Å². The molecule has 0 spiro atoms. The largest absolute Gasteiger partial charge is 0.494 e. The third kappa shape index (κ3) is 4.15. The van der Waals surface area contributed by atoms with Crippen LogP contribution >= 0.6 is 0 Å². The number of nitrogens with zero attached hydrogens (tertiary/aromatic N) is 7. The minimum absolute atomic E-state index is 0.101. The zero-order chi connectivity index (χ0) is 24.5. The van der Waals surface area contributed by atoms with Gasteiger partial charge < -0.3 is 19.8 Å². The van der Waals surface area contributed by atoms with Crippen molar-refractivity contribution >= 4 is 23.1 Å². The first-order valence-electron chi connectivity index (χ1n) is 10.9. The number of benzene rings is 1. The van der Waals surface area contributed by atoms with E-state index in [2.05, 4.69) is 25.2 Å². The summed E-state index contributed by atoms with van der Waals surface area (Å²) in [5.41, 5.74) is 4.73. The Morgan fingerprint density at radius 1 is 1.11 bits per heavy atom. The van der Waals surface area contributed by atoms with Crippen molar-refractivity contribution < 1.29 is 9.53 Å². The van der Waals surface area contributed by atoms with E-state index in [-0.39, 0.29) is 5.91 Å². The number of aryl methyl sites for hydroxylation is 1. The molecule has 1 N–H and O–H groups in total. The lowest BCUT2D eigenvalue weighted by Gasteiger charge is -2.16. The number of hydrogen-bond acceptors (Lipinski definition) is 7. The molecule has 4 aromatic rings. The summed E-state index contributed by atoms with van der Waals surface area (Å²) in [6.07, 6.45) is 2.06. The normalized spacial score (nSPS) is 12.4. The van der Waals surface area contributed by atoms with E-state index in [1.165, 1.54) is 0 Å². The van der Waals surface area contributed by atoms with Crippen LogP contribution in [0.25, 0.3) is 16.2 Å². The summed E-state index contributed by atoms with van der Waals surface area (Å²) in [4.78, 5) is 31.5. The molecule has 0 saturated carbocycles. The summed E-state index contributed by atoms with van der Waals surface area (Å²) in [6.45, 7) is 7.63. The van der Waals surface area contributed by atoms with Crippen LogP contribution in [0.1, 0.15) is 27.4 Å². The molecule has 3 aromatic heterocycles. The second kappa shape index (κ2) is 8.87. The van der Waals surface area contributed by atoms with Gasteiger partial charge >= 0.3 is 0 Å². The van der Waals surface area contributed by atoms with Gasteiger partial charge in [0.25, 0.3) is 11.7 Å². The molecule has 1 aromatic carbocycles. The van der Waals surface area contributed by atoms with Crippen LogP contribution in [-0.4, -0.2) is 49.7 Å². The topological polar surface area (TPSA) is 102 Å². The van der Waals surface area contributed by atoms with E-state index in [1.54, 1.807) is 43.2 Å². The van der Waals surface area contributed by atoms with E-state index in [0.717, 1.165) is 17.0 Å². The monoisotopic (exact) mass is 466 g/mol. The molecule has 1 aliphatic rings. The third-order valence-corrected chi connectivity index (χ3v) is 5.69. The number of ether oxygens (including phenoxy) is 1. The van der Waals surface area contributed by atoms with Crippen LogP contribution in [-0.2, 0) is 20.0 Å². The lowest BCUT2D eigenvalue weighted by atomic mass is 10.1. The number of carbonyl (C=O) groups excluding carboxylic acids is 1. The fraction of sp³-hybridized carbons (Fsp3) is 0.200.